The van der Waals surface area contributed by atoms with E-state index < -0.39 is 4.92 Å². The summed E-state index contributed by atoms with van der Waals surface area (Å²) in [7, 11) is 0. The van der Waals surface area contributed by atoms with Crippen molar-refractivity contribution in [2.75, 3.05) is 5.32 Å². The SMILES string of the molecule is Cc1ccc([N+](=O)[O-])c(NCc2ncc[nH]2)n1. The van der Waals surface area contributed by atoms with Gasteiger partial charge >= 0.3 is 5.69 Å². The molecule has 2 heterocycles. The molecule has 0 spiro atoms. The van der Waals surface area contributed by atoms with Crippen LogP contribution in [0, 0.1) is 17.0 Å². The first-order valence-corrected chi connectivity index (χ1v) is 5.01. The molecule has 2 N–H and O–H groups in total. The van der Waals surface area contributed by atoms with Gasteiger partial charge in [-0.15, -0.1) is 0 Å². The fourth-order valence-corrected chi connectivity index (χ4v) is 1.39. The predicted octanol–water partition coefficient (Wildman–Crippen LogP) is 1.63. The largest absolute Gasteiger partial charge is 0.357 e. The Balaban J connectivity index is 2.19. The zero-order valence-electron chi connectivity index (χ0n) is 9.17. The number of rotatable bonds is 4. The molecule has 0 aromatic carbocycles. The third kappa shape index (κ3) is 2.57. The van der Waals surface area contributed by atoms with Gasteiger partial charge < -0.3 is 10.3 Å². The van der Waals surface area contributed by atoms with E-state index in [1.807, 2.05) is 0 Å². The van der Waals surface area contributed by atoms with Crippen LogP contribution < -0.4 is 5.32 Å². The molecule has 7 heteroatoms. The number of nitrogens with zero attached hydrogens (tertiary/aromatic N) is 3. The number of aromatic nitrogens is 3. The standard InChI is InChI=1S/C10H11N5O2/c1-7-2-3-8(15(16)17)10(14-7)13-6-9-11-4-5-12-9/h2-5H,6H2,1H3,(H,11,12)(H,13,14). The van der Waals surface area contributed by atoms with Crippen LogP contribution in [0.3, 0.4) is 0 Å². The number of hydrogen-bond acceptors (Lipinski definition) is 5. The first kappa shape index (κ1) is 11.1. The summed E-state index contributed by atoms with van der Waals surface area (Å²) in [5, 5.41) is 13.7. The molecule has 0 bridgehead atoms. The minimum atomic E-state index is -0.461. The second-order valence-corrected chi connectivity index (χ2v) is 3.47. The quantitative estimate of drug-likeness (QED) is 0.618. The molecule has 0 fully saturated rings. The van der Waals surface area contributed by atoms with Crippen LogP contribution in [0.15, 0.2) is 24.5 Å². The lowest BCUT2D eigenvalue weighted by Gasteiger charge is -2.05. The Kier molecular flexibility index (Phi) is 2.99. The van der Waals surface area contributed by atoms with Crippen LogP contribution in [0.5, 0.6) is 0 Å². The average molecular weight is 233 g/mol. The minimum absolute atomic E-state index is 0.0397. The lowest BCUT2D eigenvalue weighted by molar-refractivity contribution is -0.384. The van der Waals surface area contributed by atoms with E-state index in [-0.39, 0.29) is 11.5 Å². The van der Waals surface area contributed by atoms with E-state index in [9.17, 15) is 10.1 Å². The smallest absolute Gasteiger partial charge is 0.311 e. The predicted molar refractivity (Wildman–Crippen MR) is 61.5 cm³/mol. The molecule has 0 aliphatic rings. The highest BCUT2D eigenvalue weighted by molar-refractivity contribution is 5.55. The monoisotopic (exact) mass is 233 g/mol. The maximum absolute atomic E-state index is 10.8. The molecule has 2 aromatic rings. The lowest BCUT2D eigenvalue weighted by atomic mass is 10.3. The maximum Gasteiger partial charge on any atom is 0.311 e. The van der Waals surface area contributed by atoms with Crippen molar-refractivity contribution in [2.24, 2.45) is 0 Å². The van der Waals surface area contributed by atoms with E-state index in [1.165, 1.54) is 6.07 Å². The Bertz CT molecular complexity index is 523. The number of anilines is 1. The summed E-state index contributed by atoms with van der Waals surface area (Å²) in [5.74, 6) is 0.953. The number of nitro groups is 1. The molecule has 0 saturated carbocycles. The number of aryl methyl sites for hydroxylation is 1. The van der Waals surface area contributed by atoms with Crippen molar-refractivity contribution in [1.29, 1.82) is 0 Å². The molecule has 0 saturated heterocycles. The second kappa shape index (κ2) is 4.60. The molecular formula is C10H11N5O2. The van der Waals surface area contributed by atoms with E-state index in [2.05, 4.69) is 20.3 Å². The molecule has 2 aromatic heterocycles. The van der Waals surface area contributed by atoms with Crippen LogP contribution in [0.1, 0.15) is 11.5 Å². The van der Waals surface area contributed by atoms with Gasteiger partial charge in [-0.3, -0.25) is 10.1 Å². The van der Waals surface area contributed by atoms with Crippen LogP contribution >= 0.6 is 0 Å². The third-order valence-corrected chi connectivity index (χ3v) is 2.19. The molecule has 0 atom stereocenters. The molecule has 0 amide bonds. The van der Waals surface area contributed by atoms with E-state index >= 15 is 0 Å². The number of imidazole rings is 1. The summed E-state index contributed by atoms with van der Waals surface area (Å²) in [5.41, 5.74) is 0.680. The van der Waals surface area contributed by atoms with Gasteiger partial charge in [0.1, 0.15) is 5.82 Å². The highest BCUT2D eigenvalue weighted by Gasteiger charge is 2.14. The van der Waals surface area contributed by atoms with E-state index in [0.29, 0.717) is 12.4 Å². The van der Waals surface area contributed by atoms with Crippen LogP contribution in [0.4, 0.5) is 11.5 Å². The topological polar surface area (TPSA) is 96.7 Å². The minimum Gasteiger partial charge on any atom is -0.357 e. The Morgan fingerprint density at radius 3 is 3.00 bits per heavy atom. The van der Waals surface area contributed by atoms with Gasteiger partial charge in [-0.05, 0) is 13.0 Å². The first-order chi connectivity index (χ1) is 8.16. The number of pyridine rings is 1. The van der Waals surface area contributed by atoms with E-state index in [4.69, 9.17) is 0 Å². The van der Waals surface area contributed by atoms with Crippen molar-refractivity contribution in [3.8, 4) is 0 Å². The van der Waals surface area contributed by atoms with E-state index in [0.717, 1.165) is 5.69 Å². The first-order valence-electron chi connectivity index (χ1n) is 5.01. The van der Waals surface area contributed by atoms with Crippen LogP contribution in [0.2, 0.25) is 0 Å². The summed E-state index contributed by atoms with van der Waals surface area (Å²) in [6.45, 7) is 2.14. The number of nitrogens with one attached hydrogen (secondary N) is 2. The highest BCUT2D eigenvalue weighted by atomic mass is 16.6. The molecule has 17 heavy (non-hydrogen) atoms. The summed E-state index contributed by atoms with van der Waals surface area (Å²) in [6.07, 6.45) is 3.31. The molecule has 0 aliphatic carbocycles. The fraction of sp³-hybridized carbons (Fsp3) is 0.200. The zero-order valence-corrected chi connectivity index (χ0v) is 9.17. The Hall–Kier alpha value is -2.44. The molecule has 0 radical (unpaired) electrons. The Morgan fingerprint density at radius 2 is 2.35 bits per heavy atom. The molecule has 88 valence electrons. The van der Waals surface area contributed by atoms with Crippen LogP contribution in [-0.2, 0) is 6.54 Å². The molecule has 0 unspecified atom stereocenters. The zero-order chi connectivity index (χ0) is 12.3. The van der Waals surface area contributed by atoms with Gasteiger partial charge in [0.05, 0.1) is 11.5 Å². The third-order valence-electron chi connectivity index (χ3n) is 2.19. The molecule has 0 aliphatic heterocycles. The van der Waals surface area contributed by atoms with Crippen molar-refractivity contribution in [3.05, 3.63) is 46.2 Å². The maximum atomic E-state index is 10.8. The van der Waals surface area contributed by atoms with Crippen molar-refractivity contribution in [1.82, 2.24) is 15.0 Å². The van der Waals surface area contributed by atoms with Crippen LogP contribution in [-0.4, -0.2) is 19.9 Å². The van der Waals surface area contributed by atoms with Gasteiger partial charge in [0.2, 0.25) is 5.82 Å². The number of hydrogen-bond donors (Lipinski definition) is 2. The fourth-order valence-electron chi connectivity index (χ4n) is 1.39. The summed E-state index contributed by atoms with van der Waals surface area (Å²) < 4.78 is 0. The van der Waals surface area contributed by atoms with Gasteiger partial charge in [0.15, 0.2) is 0 Å². The summed E-state index contributed by atoms with van der Waals surface area (Å²) in [4.78, 5) is 21.3. The second-order valence-electron chi connectivity index (χ2n) is 3.47. The van der Waals surface area contributed by atoms with Crippen molar-refractivity contribution < 1.29 is 4.92 Å². The summed E-state index contributed by atoms with van der Waals surface area (Å²) >= 11 is 0. The molecule has 7 nitrogen and oxygen atoms in total. The molecular weight excluding hydrogens is 222 g/mol. The van der Waals surface area contributed by atoms with Crippen molar-refractivity contribution in [2.45, 2.75) is 13.5 Å². The molecule has 2 rings (SSSR count). The normalized spacial score (nSPS) is 10.2. The van der Waals surface area contributed by atoms with Crippen molar-refractivity contribution in [3.63, 3.8) is 0 Å². The van der Waals surface area contributed by atoms with Gasteiger partial charge in [0.25, 0.3) is 0 Å². The van der Waals surface area contributed by atoms with Crippen LogP contribution in [0.25, 0.3) is 0 Å². The Labute approximate surface area is 97.1 Å². The van der Waals surface area contributed by atoms with Gasteiger partial charge in [-0.1, -0.05) is 0 Å². The van der Waals surface area contributed by atoms with Gasteiger partial charge in [-0.25, -0.2) is 9.97 Å². The highest BCUT2D eigenvalue weighted by Crippen LogP contribution is 2.22. The van der Waals surface area contributed by atoms with Crippen molar-refractivity contribution >= 4 is 11.5 Å². The number of H-pyrrole nitrogens is 1. The Morgan fingerprint density at radius 1 is 1.53 bits per heavy atom. The van der Waals surface area contributed by atoms with Gasteiger partial charge in [0, 0.05) is 24.2 Å². The van der Waals surface area contributed by atoms with E-state index in [1.54, 1.807) is 25.4 Å². The average Bonchev–Trinajstić information content (AvgIpc) is 2.78. The summed E-state index contributed by atoms with van der Waals surface area (Å²) in [6, 6.07) is 3.04. The van der Waals surface area contributed by atoms with Gasteiger partial charge in [-0.2, -0.15) is 0 Å². The lowest BCUT2D eigenvalue weighted by Crippen LogP contribution is -2.06. The number of aromatic amines is 1.